The number of aromatic nitrogens is 4. The van der Waals surface area contributed by atoms with Gasteiger partial charge in [-0.1, -0.05) is 0 Å². The number of anilines is 1. The molecule has 2 aromatic rings. The van der Waals surface area contributed by atoms with Crippen LogP contribution < -0.4 is 5.32 Å². The first-order valence-electron chi connectivity index (χ1n) is 7.21. The minimum Gasteiger partial charge on any atom is -0.376 e. The van der Waals surface area contributed by atoms with Gasteiger partial charge in [0.05, 0.1) is 42.8 Å². The molecular weight excluding hydrogens is 268 g/mol. The minimum atomic E-state index is 0.188. The van der Waals surface area contributed by atoms with Crippen molar-refractivity contribution in [2.45, 2.75) is 44.9 Å². The lowest BCUT2D eigenvalue weighted by Gasteiger charge is -2.20. The van der Waals surface area contributed by atoms with Crippen LogP contribution in [0.1, 0.15) is 26.2 Å². The van der Waals surface area contributed by atoms with Gasteiger partial charge in [0.25, 0.3) is 0 Å². The van der Waals surface area contributed by atoms with Gasteiger partial charge in [-0.3, -0.25) is 0 Å². The largest absolute Gasteiger partial charge is 0.376 e. The Bertz CT molecular complexity index is 655. The van der Waals surface area contributed by atoms with Gasteiger partial charge in [0.1, 0.15) is 12.1 Å². The standard InChI is InChI=1S/C14H18N6O/c1-10(12-4-2-7-21-12)19-13-11-8-18-20(6-3-5-15)14(11)17-9-16-13/h8-10,12H,2-4,6-7H2,1H3,(H,16,17,19)/t10-,12-/m0/s1. The maximum Gasteiger partial charge on any atom is 0.163 e. The van der Waals surface area contributed by atoms with E-state index in [1.165, 1.54) is 6.33 Å². The van der Waals surface area contributed by atoms with Crippen molar-refractivity contribution in [3.63, 3.8) is 0 Å². The Labute approximate surface area is 122 Å². The number of fused-ring (bicyclic) bond motifs is 1. The molecule has 0 aromatic carbocycles. The summed E-state index contributed by atoms with van der Waals surface area (Å²) in [6.45, 7) is 3.48. The van der Waals surface area contributed by atoms with E-state index in [0.29, 0.717) is 13.0 Å². The molecule has 7 heteroatoms. The number of ether oxygens (including phenoxy) is 1. The molecule has 0 aliphatic carbocycles. The van der Waals surface area contributed by atoms with Crippen LogP contribution >= 0.6 is 0 Å². The number of nitriles is 1. The van der Waals surface area contributed by atoms with E-state index in [2.05, 4.69) is 33.4 Å². The summed E-state index contributed by atoms with van der Waals surface area (Å²) in [7, 11) is 0. The summed E-state index contributed by atoms with van der Waals surface area (Å²) in [6, 6.07) is 2.31. The fourth-order valence-electron chi connectivity index (χ4n) is 2.63. The van der Waals surface area contributed by atoms with Crippen LogP contribution in [-0.2, 0) is 11.3 Å². The average molecular weight is 286 g/mol. The van der Waals surface area contributed by atoms with E-state index in [0.717, 1.165) is 36.3 Å². The van der Waals surface area contributed by atoms with Crippen LogP contribution in [0.3, 0.4) is 0 Å². The number of nitrogens with zero attached hydrogens (tertiary/aromatic N) is 5. The van der Waals surface area contributed by atoms with E-state index in [-0.39, 0.29) is 12.1 Å². The van der Waals surface area contributed by atoms with E-state index < -0.39 is 0 Å². The normalized spacial score (nSPS) is 19.5. The summed E-state index contributed by atoms with van der Waals surface area (Å²) in [4.78, 5) is 8.58. The summed E-state index contributed by atoms with van der Waals surface area (Å²) in [5, 5.41) is 17.2. The highest BCUT2D eigenvalue weighted by molar-refractivity contribution is 5.86. The molecule has 21 heavy (non-hydrogen) atoms. The van der Waals surface area contributed by atoms with Gasteiger partial charge < -0.3 is 10.1 Å². The Morgan fingerprint density at radius 1 is 1.57 bits per heavy atom. The van der Waals surface area contributed by atoms with E-state index in [1.807, 2.05) is 0 Å². The van der Waals surface area contributed by atoms with Gasteiger partial charge in [0.2, 0.25) is 0 Å². The number of hydrogen-bond donors (Lipinski definition) is 1. The highest BCUT2D eigenvalue weighted by atomic mass is 16.5. The second-order valence-corrected chi connectivity index (χ2v) is 5.22. The molecule has 0 spiro atoms. The zero-order valence-corrected chi connectivity index (χ0v) is 12.0. The van der Waals surface area contributed by atoms with Crippen molar-refractivity contribution in [3.8, 4) is 6.07 Å². The predicted molar refractivity (Wildman–Crippen MR) is 77.6 cm³/mol. The Kier molecular flexibility index (Phi) is 3.97. The number of hydrogen-bond acceptors (Lipinski definition) is 6. The molecule has 2 atom stereocenters. The lowest BCUT2D eigenvalue weighted by molar-refractivity contribution is 0.0996. The summed E-state index contributed by atoms with van der Waals surface area (Å²) < 4.78 is 7.43. The van der Waals surface area contributed by atoms with E-state index in [9.17, 15) is 0 Å². The average Bonchev–Trinajstić information content (AvgIpc) is 3.15. The SMILES string of the molecule is C[C@H](Nc1ncnc2c1cnn2CCC#N)[C@@H]1CCCO1. The topological polar surface area (TPSA) is 88.7 Å². The molecule has 0 unspecified atom stereocenters. The Morgan fingerprint density at radius 2 is 2.48 bits per heavy atom. The second kappa shape index (κ2) is 6.06. The van der Waals surface area contributed by atoms with Crippen LogP contribution in [0.4, 0.5) is 5.82 Å². The van der Waals surface area contributed by atoms with Crippen molar-refractivity contribution < 1.29 is 4.74 Å². The molecule has 7 nitrogen and oxygen atoms in total. The third kappa shape index (κ3) is 2.81. The quantitative estimate of drug-likeness (QED) is 0.900. The van der Waals surface area contributed by atoms with Crippen LogP contribution in [0.15, 0.2) is 12.5 Å². The number of rotatable bonds is 5. The first kappa shape index (κ1) is 13.8. The third-order valence-electron chi connectivity index (χ3n) is 3.76. The van der Waals surface area contributed by atoms with Crippen molar-refractivity contribution in [1.29, 1.82) is 5.26 Å². The zero-order valence-electron chi connectivity index (χ0n) is 12.0. The summed E-state index contributed by atoms with van der Waals surface area (Å²) in [5.41, 5.74) is 0.752. The van der Waals surface area contributed by atoms with Crippen LogP contribution in [0, 0.1) is 11.3 Å². The first-order valence-corrected chi connectivity index (χ1v) is 7.21. The lowest BCUT2D eigenvalue weighted by Crippen LogP contribution is -2.30. The third-order valence-corrected chi connectivity index (χ3v) is 3.76. The molecule has 1 aliphatic rings. The maximum atomic E-state index is 8.68. The van der Waals surface area contributed by atoms with Gasteiger partial charge in [-0.25, -0.2) is 14.6 Å². The minimum absolute atomic E-state index is 0.188. The van der Waals surface area contributed by atoms with Crippen molar-refractivity contribution >= 4 is 16.9 Å². The summed E-state index contributed by atoms with van der Waals surface area (Å²) >= 11 is 0. The van der Waals surface area contributed by atoms with Crippen molar-refractivity contribution in [2.24, 2.45) is 0 Å². The molecule has 110 valence electrons. The van der Waals surface area contributed by atoms with Gasteiger partial charge in [0.15, 0.2) is 5.65 Å². The van der Waals surface area contributed by atoms with Gasteiger partial charge in [-0.15, -0.1) is 0 Å². The van der Waals surface area contributed by atoms with Crippen molar-refractivity contribution in [3.05, 3.63) is 12.5 Å². The molecule has 3 rings (SSSR count). The molecule has 1 N–H and O–H groups in total. The zero-order chi connectivity index (χ0) is 14.7. The van der Waals surface area contributed by atoms with Crippen molar-refractivity contribution in [1.82, 2.24) is 19.7 Å². The molecule has 0 radical (unpaired) electrons. The van der Waals surface area contributed by atoms with Gasteiger partial charge in [-0.05, 0) is 19.8 Å². The fraction of sp³-hybridized carbons (Fsp3) is 0.571. The van der Waals surface area contributed by atoms with E-state index in [4.69, 9.17) is 10.00 Å². The van der Waals surface area contributed by atoms with Gasteiger partial charge in [-0.2, -0.15) is 10.4 Å². The Morgan fingerprint density at radius 3 is 3.24 bits per heavy atom. The van der Waals surface area contributed by atoms with Crippen LogP contribution in [0.5, 0.6) is 0 Å². The maximum absolute atomic E-state index is 8.68. The Hall–Kier alpha value is -2.20. The molecule has 1 saturated heterocycles. The smallest absolute Gasteiger partial charge is 0.163 e. The highest BCUT2D eigenvalue weighted by Gasteiger charge is 2.23. The monoisotopic (exact) mass is 286 g/mol. The number of nitrogens with one attached hydrogen (secondary N) is 1. The second-order valence-electron chi connectivity index (χ2n) is 5.22. The van der Waals surface area contributed by atoms with Crippen LogP contribution in [0.2, 0.25) is 0 Å². The van der Waals surface area contributed by atoms with Crippen LogP contribution in [-0.4, -0.2) is 38.5 Å². The molecule has 0 saturated carbocycles. The van der Waals surface area contributed by atoms with E-state index in [1.54, 1.807) is 10.9 Å². The van der Waals surface area contributed by atoms with Gasteiger partial charge in [0, 0.05) is 6.61 Å². The Balaban J connectivity index is 1.82. The van der Waals surface area contributed by atoms with Gasteiger partial charge >= 0.3 is 0 Å². The van der Waals surface area contributed by atoms with Crippen LogP contribution in [0.25, 0.3) is 11.0 Å². The fourth-order valence-corrected chi connectivity index (χ4v) is 2.63. The molecule has 0 amide bonds. The molecule has 2 aromatic heterocycles. The molecule has 1 aliphatic heterocycles. The van der Waals surface area contributed by atoms with E-state index >= 15 is 0 Å². The summed E-state index contributed by atoms with van der Waals surface area (Å²) in [5.74, 6) is 0.770. The van der Waals surface area contributed by atoms with Crippen molar-refractivity contribution in [2.75, 3.05) is 11.9 Å². The molecule has 0 bridgehead atoms. The first-order chi connectivity index (χ1) is 10.3. The molecule has 3 heterocycles. The molecule has 1 fully saturated rings. The lowest BCUT2D eigenvalue weighted by atomic mass is 10.1. The number of aryl methyl sites for hydroxylation is 1. The molecular formula is C14H18N6O. The highest BCUT2D eigenvalue weighted by Crippen LogP contribution is 2.23. The summed E-state index contributed by atoms with van der Waals surface area (Å²) in [6.07, 6.45) is 6.10. The predicted octanol–water partition coefficient (Wildman–Crippen LogP) is 1.72.